The minimum atomic E-state index is -4.58. The van der Waals surface area contributed by atoms with Gasteiger partial charge in [-0.05, 0) is 29.3 Å². The molecule has 3 aromatic rings. The van der Waals surface area contributed by atoms with Gasteiger partial charge in [-0.3, -0.25) is 4.68 Å². The number of anilines is 2. The van der Waals surface area contributed by atoms with Gasteiger partial charge in [0.25, 0.3) is 0 Å². The lowest BCUT2D eigenvalue weighted by Crippen LogP contribution is -2.07. The number of nitrogens with zero attached hydrogens (tertiary/aromatic N) is 3. The van der Waals surface area contributed by atoms with Crippen LogP contribution in [-0.4, -0.2) is 14.8 Å². The molecule has 0 aliphatic rings. The number of benzene rings is 1. The van der Waals surface area contributed by atoms with Gasteiger partial charge in [0.2, 0.25) is 0 Å². The summed E-state index contributed by atoms with van der Waals surface area (Å²) < 4.78 is 53.6. The molecule has 0 saturated carbocycles. The maximum Gasteiger partial charge on any atom is 0.435 e. The molecule has 0 radical (unpaired) electrons. The van der Waals surface area contributed by atoms with E-state index in [4.69, 9.17) is 11.5 Å². The normalized spacial score (nSPS) is 11.7. The summed E-state index contributed by atoms with van der Waals surface area (Å²) in [6, 6.07) is 8.54. The molecule has 3 rings (SSSR count). The van der Waals surface area contributed by atoms with Gasteiger partial charge in [0.15, 0.2) is 5.69 Å². The molecular weight excluding hydrogens is 350 g/mol. The molecule has 1 aromatic carbocycles. The van der Waals surface area contributed by atoms with Gasteiger partial charge in [0, 0.05) is 19.0 Å². The maximum atomic E-state index is 13.9. The van der Waals surface area contributed by atoms with Gasteiger partial charge in [-0.2, -0.15) is 18.3 Å². The molecule has 136 valence electrons. The lowest BCUT2D eigenvalue weighted by atomic mass is 10.0. The molecular formula is C17H15F4N5. The van der Waals surface area contributed by atoms with E-state index in [9.17, 15) is 17.6 Å². The molecule has 0 unspecified atom stereocenters. The van der Waals surface area contributed by atoms with Crippen LogP contribution in [0.1, 0.15) is 16.8 Å². The van der Waals surface area contributed by atoms with E-state index < -0.39 is 17.7 Å². The minimum Gasteiger partial charge on any atom is -0.383 e. The number of rotatable bonds is 3. The van der Waals surface area contributed by atoms with Gasteiger partial charge in [-0.1, -0.05) is 18.2 Å². The van der Waals surface area contributed by atoms with E-state index in [1.807, 2.05) is 0 Å². The van der Waals surface area contributed by atoms with Gasteiger partial charge < -0.3 is 11.5 Å². The highest BCUT2D eigenvalue weighted by molar-refractivity contribution is 5.74. The van der Waals surface area contributed by atoms with Crippen molar-refractivity contribution in [2.75, 3.05) is 11.5 Å². The molecule has 0 saturated heterocycles. The van der Waals surface area contributed by atoms with E-state index >= 15 is 0 Å². The molecule has 0 amide bonds. The van der Waals surface area contributed by atoms with Crippen LogP contribution in [0.2, 0.25) is 0 Å². The average Bonchev–Trinajstić information content (AvgIpc) is 2.94. The van der Waals surface area contributed by atoms with Crippen LogP contribution in [0.3, 0.4) is 0 Å². The Labute approximate surface area is 146 Å². The molecule has 0 fully saturated rings. The first-order valence-corrected chi connectivity index (χ1v) is 7.56. The van der Waals surface area contributed by atoms with Crippen molar-refractivity contribution in [1.82, 2.24) is 14.8 Å². The minimum absolute atomic E-state index is 0.0310. The molecule has 0 atom stereocenters. The lowest BCUT2D eigenvalue weighted by molar-refractivity contribution is -0.141. The van der Waals surface area contributed by atoms with Gasteiger partial charge in [-0.25, -0.2) is 9.37 Å². The van der Waals surface area contributed by atoms with E-state index in [0.29, 0.717) is 11.1 Å². The Morgan fingerprint density at radius 3 is 2.35 bits per heavy atom. The first kappa shape index (κ1) is 17.7. The second-order valence-corrected chi connectivity index (χ2v) is 5.77. The molecule has 0 aliphatic heterocycles. The number of nitrogen functional groups attached to an aromatic ring is 2. The Morgan fingerprint density at radius 2 is 1.73 bits per heavy atom. The van der Waals surface area contributed by atoms with Crippen molar-refractivity contribution in [1.29, 1.82) is 0 Å². The molecule has 2 aromatic heterocycles. The first-order valence-electron chi connectivity index (χ1n) is 7.56. The quantitative estimate of drug-likeness (QED) is 0.697. The number of aryl methyl sites for hydroxylation is 1. The van der Waals surface area contributed by atoms with Crippen LogP contribution in [-0.2, 0) is 19.6 Å². The summed E-state index contributed by atoms with van der Waals surface area (Å²) in [5.74, 6) is -0.352. The van der Waals surface area contributed by atoms with Crippen LogP contribution >= 0.6 is 0 Å². The van der Waals surface area contributed by atoms with E-state index in [0.717, 1.165) is 10.7 Å². The standard InChI is InChI=1S/C17H15F4N5/c1-26-13(8-14(25-26)17(19,20)21)11-7-10(15(22)24-16(11)23)6-9-4-2-3-5-12(9)18/h2-5,7-8H,6H2,1H3,(H4,22,23,24). The Hall–Kier alpha value is -3.10. The van der Waals surface area contributed by atoms with Crippen LogP contribution in [0.15, 0.2) is 36.4 Å². The van der Waals surface area contributed by atoms with E-state index in [1.54, 1.807) is 18.2 Å². The van der Waals surface area contributed by atoms with Crippen LogP contribution in [0.25, 0.3) is 11.3 Å². The van der Waals surface area contributed by atoms with Crippen LogP contribution < -0.4 is 11.5 Å². The van der Waals surface area contributed by atoms with Crippen molar-refractivity contribution in [2.24, 2.45) is 7.05 Å². The monoisotopic (exact) mass is 365 g/mol. The molecule has 2 heterocycles. The third-order valence-electron chi connectivity index (χ3n) is 3.95. The van der Waals surface area contributed by atoms with Crippen molar-refractivity contribution >= 4 is 11.6 Å². The largest absolute Gasteiger partial charge is 0.435 e. The summed E-state index contributed by atoms with van der Waals surface area (Å²) in [5.41, 5.74) is 11.9. The zero-order valence-corrected chi connectivity index (χ0v) is 13.7. The molecule has 26 heavy (non-hydrogen) atoms. The summed E-state index contributed by atoms with van der Waals surface area (Å²) in [7, 11) is 1.37. The number of hydrogen-bond acceptors (Lipinski definition) is 4. The van der Waals surface area contributed by atoms with E-state index in [-0.39, 0.29) is 29.3 Å². The van der Waals surface area contributed by atoms with Crippen molar-refractivity contribution in [3.63, 3.8) is 0 Å². The Kier molecular flexibility index (Phi) is 4.31. The number of aromatic nitrogens is 3. The predicted octanol–water partition coefficient (Wildman–Crippen LogP) is 3.40. The fourth-order valence-corrected chi connectivity index (χ4v) is 2.64. The van der Waals surface area contributed by atoms with Crippen molar-refractivity contribution in [3.8, 4) is 11.3 Å². The van der Waals surface area contributed by atoms with Gasteiger partial charge in [0.05, 0.1) is 5.69 Å². The Bertz CT molecular complexity index is 962. The second-order valence-electron chi connectivity index (χ2n) is 5.77. The summed E-state index contributed by atoms with van der Waals surface area (Å²) >= 11 is 0. The van der Waals surface area contributed by atoms with Crippen molar-refractivity contribution in [2.45, 2.75) is 12.6 Å². The second kappa shape index (κ2) is 6.32. The average molecular weight is 365 g/mol. The Morgan fingerprint density at radius 1 is 1.04 bits per heavy atom. The molecule has 0 spiro atoms. The topological polar surface area (TPSA) is 82.8 Å². The summed E-state index contributed by atoms with van der Waals surface area (Å²) in [6.07, 6.45) is -4.45. The molecule has 5 nitrogen and oxygen atoms in total. The molecule has 4 N–H and O–H groups in total. The summed E-state index contributed by atoms with van der Waals surface area (Å²) in [4.78, 5) is 4.00. The number of hydrogen-bond donors (Lipinski definition) is 2. The summed E-state index contributed by atoms with van der Waals surface area (Å²) in [6.45, 7) is 0. The zero-order chi connectivity index (χ0) is 19.1. The van der Waals surface area contributed by atoms with Crippen molar-refractivity contribution < 1.29 is 17.6 Å². The van der Waals surface area contributed by atoms with E-state index in [2.05, 4.69) is 10.1 Å². The number of nitrogens with two attached hydrogens (primary N) is 2. The number of halogens is 4. The zero-order valence-electron chi connectivity index (χ0n) is 13.7. The highest BCUT2D eigenvalue weighted by Gasteiger charge is 2.35. The molecule has 0 bridgehead atoms. The fourth-order valence-electron chi connectivity index (χ4n) is 2.64. The lowest BCUT2D eigenvalue weighted by Gasteiger charge is -2.11. The third-order valence-corrected chi connectivity index (χ3v) is 3.95. The first-order chi connectivity index (χ1) is 12.2. The van der Waals surface area contributed by atoms with E-state index in [1.165, 1.54) is 19.2 Å². The molecule has 0 aliphatic carbocycles. The summed E-state index contributed by atoms with van der Waals surface area (Å²) in [5, 5.41) is 3.47. The number of alkyl halides is 3. The fraction of sp³-hybridized carbons (Fsp3) is 0.176. The van der Waals surface area contributed by atoms with Gasteiger partial charge in [0.1, 0.15) is 17.5 Å². The Balaban J connectivity index is 2.07. The number of pyridine rings is 1. The molecule has 9 heteroatoms. The third kappa shape index (κ3) is 3.32. The highest BCUT2D eigenvalue weighted by atomic mass is 19.4. The van der Waals surface area contributed by atoms with Crippen LogP contribution in [0.4, 0.5) is 29.2 Å². The van der Waals surface area contributed by atoms with Gasteiger partial charge >= 0.3 is 6.18 Å². The smallest absolute Gasteiger partial charge is 0.383 e. The predicted molar refractivity (Wildman–Crippen MR) is 89.5 cm³/mol. The van der Waals surface area contributed by atoms with Gasteiger partial charge in [-0.15, -0.1) is 0 Å². The van der Waals surface area contributed by atoms with Crippen molar-refractivity contribution in [3.05, 3.63) is 59.0 Å². The SMILES string of the molecule is Cn1nc(C(F)(F)F)cc1-c1cc(Cc2ccccc2F)c(N)nc1N. The highest BCUT2D eigenvalue weighted by Crippen LogP contribution is 2.34. The van der Waals surface area contributed by atoms with Crippen LogP contribution in [0, 0.1) is 5.82 Å². The van der Waals surface area contributed by atoms with Crippen LogP contribution in [0.5, 0.6) is 0 Å². The maximum absolute atomic E-state index is 13.9.